The summed E-state index contributed by atoms with van der Waals surface area (Å²) < 4.78 is 148. The van der Waals surface area contributed by atoms with Crippen molar-refractivity contribution in [3.8, 4) is 0 Å². The number of hydrogen-bond donors (Lipinski definition) is 0. The Morgan fingerprint density at radius 1 is 0.897 bits per heavy atom. The molecule has 0 heterocycles. The van der Waals surface area contributed by atoms with E-state index in [-0.39, 0.29) is 6.42 Å². The van der Waals surface area contributed by atoms with Gasteiger partial charge in [0.15, 0.2) is 0 Å². The van der Waals surface area contributed by atoms with Gasteiger partial charge >= 0.3 is 29.9 Å². The van der Waals surface area contributed by atoms with E-state index in [2.05, 4.69) is 6.92 Å². The lowest BCUT2D eigenvalue weighted by Crippen LogP contribution is -2.67. The van der Waals surface area contributed by atoms with Gasteiger partial charge in [0.25, 0.3) is 0 Å². The van der Waals surface area contributed by atoms with Gasteiger partial charge < -0.3 is 4.74 Å². The van der Waals surface area contributed by atoms with Crippen LogP contribution in [0.5, 0.6) is 0 Å². The van der Waals surface area contributed by atoms with Gasteiger partial charge in [-0.05, 0) is 37.5 Å². The van der Waals surface area contributed by atoms with Crippen LogP contribution in [0.15, 0.2) is 0 Å². The van der Waals surface area contributed by atoms with Crippen molar-refractivity contribution in [3.05, 3.63) is 13.3 Å². The molecule has 1 aliphatic carbocycles. The van der Waals surface area contributed by atoms with Crippen LogP contribution in [0.1, 0.15) is 39.0 Å². The highest BCUT2D eigenvalue weighted by atomic mass is 19.4. The van der Waals surface area contributed by atoms with E-state index in [1.165, 1.54) is 0 Å². The second-order valence-corrected chi connectivity index (χ2v) is 7.03. The summed E-state index contributed by atoms with van der Waals surface area (Å²) in [5, 5.41) is 0. The first-order valence-corrected chi connectivity index (χ1v) is 8.80. The first kappa shape index (κ1) is 26.2. The van der Waals surface area contributed by atoms with Crippen molar-refractivity contribution in [2.45, 2.75) is 75.0 Å². The molecular formula is C17H21F11O. The third kappa shape index (κ3) is 4.76. The van der Waals surface area contributed by atoms with Crippen molar-refractivity contribution in [1.82, 2.24) is 0 Å². The minimum atomic E-state index is -7.40. The van der Waals surface area contributed by atoms with E-state index >= 15 is 0 Å². The molecule has 0 aliphatic heterocycles. The van der Waals surface area contributed by atoms with Gasteiger partial charge in [0, 0.05) is 0 Å². The highest BCUT2D eigenvalue weighted by Crippen LogP contribution is 2.57. The largest absolute Gasteiger partial charge is 0.460 e. The Hall–Kier alpha value is -0.810. The predicted molar refractivity (Wildman–Crippen MR) is 81.0 cm³/mol. The quantitative estimate of drug-likeness (QED) is 0.336. The Kier molecular flexibility index (Phi) is 7.91. The van der Waals surface area contributed by atoms with Crippen LogP contribution >= 0.6 is 0 Å². The first-order valence-electron chi connectivity index (χ1n) is 8.80. The molecule has 0 aromatic heterocycles. The molecule has 0 bridgehead atoms. The molecule has 172 valence electrons. The molecule has 0 saturated heterocycles. The topological polar surface area (TPSA) is 9.23 Å². The Morgan fingerprint density at radius 3 is 1.90 bits per heavy atom. The molecule has 2 radical (unpaired) electrons. The van der Waals surface area contributed by atoms with E-state index in [1.807, 2.05) is 6.92 Å². The second kappa shape index (κ2) is 8.74. The third-order valence-corrected chi connectivity index (χ3v) is 4.95. The van der Waals surface area contributed by atoms with Gasteiger partial charge in [0.1, 0.15) is 6.61 Å². The normalized spacial score (nSPS) is 24.9. The fourth-order valence-electron chi connectivity index (χ4n) is 3.13. The molecule has 0 aromatic rings. The zero-order valence-corrected chi connectivity index (χ0v) is 15.3. The highest BCUT2D eigenvalue weighted by molar-refractivity contribution is 5.06. The lowest BCUT2D eigenvalue weighted by atomic mass is 9.94. The Morgan fingerprint density at radius 2 is 1.45 bits per heavy atom. The molecule has 29 heavy (non-hydrogen) atoms. The van der Waals surface area contributed by atoms with Crippen molar-refractivity contribution in [3.63, 3.8) is 0 Å². The summed E-state index contributed by atoms with van der Waals surface area (Å²) in [6.45, 7) is 2.92. The van der Waals surface area contributed by atoms with Crippen LogP contribution in [0.4, 0.5) is 48.3 Å². The summed E-state index contributed by atoms with van der Waals surface area (Å²) in [5.74, 6) is -28.8. The summed E-state index contributed by atoms with van der Waals surface area (Å²) in [6.07, 6.45) is -4.40. The van der Waals surface area contributed by atoms with Gasteiger partial charge in [0.05, 0.1) is 6.10 Å². The monoisotopic (exact) mass is 450 g/mol. The molecule has 1 saturated carbocycles. The molecule has 1 nitrogen and oxygen atoms in total. The van der Waals surface area contributed by atoms with Crippen molar-refractivity contribution >= 4 is 0 Å². The zero-order valence-electron chi connectivity index (χ0n) is 15.3. The lowest BCUT2D eigenvalue weighted by molar-refractivity contribution is -0.425. The molecule has 1 rings (SSSR count). The van der Waals surface area contributed by atoms with Gasteiger partial charge in [-0.15, -0.1) is 0 Å². The third-order valence-electron chi connectivity index (χ3n) is 4.95. The molecule has 1 fully saturated rings. The predicted octanol–water partition coefficient (Wildman–Crippen LogP) is 6.73. The summed E-state index contributed by atoms with van der Waals surface area (Å²) >= 11 is 0. The fourth-order valence-corrected chi connectivity index (χ4v) is 3.13. The molecule has 12 heteroatoms. The SMILES string of the molecule is [CH2]CC1C[CH]C(CCCC)C1OCC(F)(F)C(F)(F)C(F)(F)C(F)(F)C(F)(F)F. The van der Waals surface area contributed by atoms with E-state index < -0.39 is 54.4 Å². The summed E-state index contributed by atoms with van der Waals surface area (Å²) in [5.41, 5.74) is 0. The summed E-state index contributed by atoms with van der Waals surface area (Å²) in [6, 6.07) is 0. The minimum absolute atomic E-state index is 0.133. The minimum Gasteiger partial charge on any atom is -0.371 e. The number of hydrogen-bond acceptors (Lipinski definition) is 1. The van der Waals surface area contributed by atoms with Gasteiger partial charge in [-0.2, -0.15) is 48.3 Å². The molecule has 3 unspecified atom stereocenters. The van der Waals surface area contributed by atoms with E-state index in [0.717, 1.165) is 0 Å². The molecule has 3 atom stereocenters. The van der Waals surface area contributed by atoms with Crippen LogP contribution in [0.25, 0.3) is 0 Å². The average Bonchev–Trinajstić information content (AvgIpc) is 2.98. The van der Waals surface area contributed by atoms with Crippen LogP contribution in [0, 0.1) is 25.2 Å². The lowest BCUT2D eigenvalue weighted by Gasteiger charge is -2.38. The van der Waals surface area contributed by atoms with Gasteiger partial charge in [-0.3, -0.25) is 0 Å². The van der Waals surface area contributed by atoms with Crippen molar-refractivity contribution in [2.75, 3.05) is 6.61 Å². The molecule has 1 aliphatic rings. The van der Waals surface area contributed by atoms with E-state index in [0.29, 0.717) is 25.7 Å². The van der Waals surface area contributed by atoms with Gasteiger partial charge in [0.2, 0.25) is 0 Å². The Labute approximate surface area is 161 Å². The fraction of sp³-hybridized carbons (Fsp3) is 0.882. The van der Waals surface area contributed by atoms with E-state index in [9.17, 15) is 48.3 Å². The van der Waals surface area contributed by atoms with Gasteiger partial charge in [-0.1, -0.05) is 26.7 Å². The molecule has 0 aromatic carbocycles. The summed E-state index contributed by atoms with van der Waals surface area (Å²) in [7, 11) is 0. The van der Waals surface area contributed by atoms with Gasteiger partial charge in [-0.25, -0.2) is 0 Å². The number of rotatable bonds is 10. The van der Waals surface area contributed by atoms with Crippen LogP contribution in [0.2, 0.25) is 0 Å². The number of alkyl halides is 11. The Balaban J connectivity index is 3.04. The maximum atomic E-state index is 13.8. The van der Waals surface area contributed by atoms with Crippen LogP contribution in [-0.4, -0.2) is 42.6 Å². The molecule has 0 spiro atoms. The smallest absolute Gasteiger partial charge is 0.371 e. The van der Waals surface area contributed by atoms with Crippen molar-refractivity contribution < 1.29 is 53.0 Å². The maximum absolute atomic E-state index is 13.8. The van der Waals surface area contributed by atoms with Crippen molar-refractivity contribution in [2.24, 2.45) is 11.8 Å². The first-order chi connectivity index (χ1) is 13.0. The number of unbranched alkanes of at least 4 members (excludes halogenated alkanes) is 1. The van der Waals surface area contributed by atoms with Crippen molar-refractivity contribution in [1.29, 1.82) is 0 Å². The second-order valence-electron chi connectivity index (χ2n) is 7.03. The van der Waals surface area contributed by atoms with E-state index in [1.54, 1.807) is 6.42 Å². The molecule has 0 amide bonds. The number of halogens is 11. The molecule has 0 N–H and O–H groups in total. The average molecular weight is 450 g/mol. The van der Waals surface area contributed by atoms with Crippen LogP contribution < -0.4 is 0 Å². The Bertz CT molecular complexity index is 530. The van der Waals surface area contributed by atoms with E-state index in [4.69, 9.17) is 4.74 Å². The van der Waals surface area contributed by atoms with Crippen LogP contribution in [0.3, 0.4) is 0 Å². The van der Waals surface area contributed by atoms with Crippen LogP contribution in [-0.2, 0) is 4.74 Å². The standard InChI is InChI=1S/C17H21F11O/c1-3-5-6-11-8-7-10(4-2)12(11)29-9-13(18,19)14(20,21)15(22,23)16(24,25)17(26,27)28/h8,10-12H,2-7,9H2,1H3. The highest BCUT2D eigenvalue weighted by Gasteiger charge is 2.87. The zero-order chi connectivity index (χ0) is 22.9. The summed E-state index contributed by atoms with van der Waals surface area (Å²) in [4.78, 5) is 0. The number of ether oxygens (including phenoxy) is 1. The maximum Gasteiger partial charge on any atom is 0.460 e. The molecular weight excluding hydrogens is 429 g/mol.